The van der Waals surface area contributed by atoms with E-state index in [2.05, 4.69) is 15.4 Å². The van der Waals surface area contributed by atoms with Gasteiger partial charge in [0.05, 0.1) is 19.1 Å². The van der Waals surface area contributed by atoms with Crippen LogP contribution in [0.15, 0.2) is 24.3 Å². The number of nitrogens with two attached hydrogens (primary N) is 1. The van der Waals surface area contributed by atoms with Crippen molar-refractivity contribution in [1.29, 1.82) is 0 Å². The van der Waals surface area contributed by atoms with Gasteiger partial charge in [0.1, 0.15) is 5.75 Å². The van der Waals surface area contributed by atoms with Gasteiger partial charge >= 0.3 is 6.61 Å². The van der Waals surface area contributed by atoms with Crippen molar-refractivity contribution >= 4 is 11.8 Å². The number of amides is 2. The molecule has 2 amide bonds. The molecule has 0 radical (unpaired) electrons. The number of benzene rings is 1. The highest BCUT2D eigenvalue weighted by molar-refractivity contribution is 5.85. The molecule has 122 valence electrons. The van der Waals surface area contributed by atoms with Crippen molar-refractivity contribution in [1.82, 2.24) is 10.6 Å². The Morgan fingerprint density at radius 3 is 2.55 bits per heavy atom. The van der Waals surface area contributed by atoms with Crippen molar-refractivity contribution < 1.29 is 23.1 Å². The number of carbonyl (C=O) groups is 2. The minimum absolute atomic E-state index is 0.00986. The Balaban J connectivity index is 2.75. The number of halogens is 2. The molecule has 1 rings (SSSR count). The van der Waals surface area contributed by atoms with Crippen molar-refractivity contribution in [2.45, 2.75) is 26.0 Å². The predicted octanol–water partition coefficient (Wildman–Crippen LogP) is 0.930. The summed E-state index contributed by atoms with van der Waals surface area (Å²) in [5, 5.41) is 4.99. The lowest BCUT2D eigenvalue weighted by Crippen LogP contribution is -2.40. The summed E-state index contributed by atoms with van der Waals surface area (Å²) >= 11 is 0. The highest BCUT2D eigenvalue weighted by atomic mass is 19.3. The van der Waals surface area contributed by atoms with Gasteiger partial charge in [-0.1, -0.05) is 25.1 Å². The summed E-state index contributed by atoms with van der Waals surface area (Å²) in [5.74, 6) is -0.888. The van der Waals surface area contributed by atoms with Crippen LogP contribution < -0.4 is 21.1 Å². The Labute approximate surface area is 127 Å². The third kappa shape index (κ3) is 5.65. The molecule has 0 aliphatic carbocycles. The summed E-state index contributed by atoms with van der Waals surface area (Å²) < 4.78 is 29.3. The predicted molar refractivity (Wildman–Crippen MR) is 76.3 cm³/mol. The lowest BCUT2D eigenvalue weighted by atomic mass is 10.0. The first-order chi connectivity index (χ1) is 10.5. The molecule has 1 unspecified atom stereocenters. The van der Waals surface area contributed by atoms with Crippen molar-refractivity contribution in [3.8, 4) is 5.75 Å². The van der Waals surface area contributed by atoms with Gasteiger partial charge in [0.2, 0.25) is 11.8 Å². The SMILES string of the molecule is CCC(NC(=O)CNC(=O)CN)c1ccccc1OC(F)F. The molecule has 6 nitrogen and oxygen atoms in total. The maximum absolute atomic E-state index is 12.4. The van der Waals surface area contributed by atoms with Crippen LogP contribution in [0.5, 0.6) is 5.75 Å². The number of alkyl halides is 2. The largest absolute Gasteiger partial charge is 0.434 e. The number of para-hydroxylation sites is 1. The third-order valence-electron chi connectivity index (χ3n) is 2.89. The van der Waals surface area contributed by atoms with E-state index < -0.39 is 24.5 Å². The first-order valence-electron chi connectivity index (χ1n) is 6.77. The van der Waals surface area contributed by atoms with Crippen molar-refractivity contribution in [2.75, 3.05) is 13.1 Å². The Morgan fingerprint density at radius 2 is 1.95 bits per heavy atom. The first kappa shape index (κ1) is 17.8. The smallest absolute Gasteiger partial charge is 0.387 e. The second-order valence-corrected chi connectivity index (χ2v) is 4.43. The number of nitrogens with one attached hydrogen (secondary N) is 2. The van der Waals surface area contributed by atoms with Gasteiger partial charge in [-0.2, -0.15) is 8.78 Å². The van der Waals surface area contributed by atoms with E-state index in [1.807, 2.05) is 0 Å². The van der Waals surface area contributed by atoms with E-state index in [9.17, 15) is 18.4 Å². The molecule has 22 heavy (non-hydrogen) atoms. The molecular weight excluding hydrogens is 296 g/mol. The van der Waals surface area contributed by atoms with Crippen molar-refractivity contribution in [3.05, 3.63) is 29.8 Å². The fourth-order valence-electron chi connectivity index (χ4n) is 1.87. The average molecular weight is 315 g/mol. The summed E-state index contributed by atoms with van der Waals surface area (Å²) in [7, 11) is 0. The van der Waals surface area contributed by atoms with E-state index in [1.165, 1.54) is 6.07 Å². The van der Waals surface area contributed by atoms with E-state index in [0.717, 1.165) is 0 Å². The number of carbonyl (C=O) groups excluding carboxylic acids is 2. The molecule has 0 bridgehead atoms. The zero-order valence-corrected chi connectivity index (χ0v) is 12.1. The standard InChI is InChI=1S/C14H19F2N3O3/c1-2-10(19-13(21)8-18-12(20)7-17)9-5-3-4-6-11(9)22-14(15)16/h3-6,10,14H,2,7-8,17H2,1H3,(H,18,20)(H,19,21). The van der Waals surface area contributed by atoms with Gasteiger partial charge in [0.15, 0.2) is 0 Å². The average Bonchev–Trinajstić information content (AvgIpc) is 2.50. The van der Waals surface area contributed by atoms with Crippen LogP contribution in [0.4, 0.5) is 8.78 Å². The van der Waals surface area contributed by atoms with E-state index in [0.29, 0.717) is 12.0 Å². The van der Waals surface area contributed by atoms with E-state index in [-0.39, 0.29) is 18.8 Å². The minimum Gasteiger partial charge on any atom is -0.434 e. The van der Waals surface area contributed by atoms with E-state index >= 15 is 0 Å². The monoisotopic (exact) mass is 315 g/mol. The second kappa shape index (κ2) is 8.93. The van der Waals surface area contributed by atoms with Gasteiger partial charge in [-0.15, -0.1) is 0 Å². The molecule has 4 N–H and O–H groups in total. The van der Waals surface area contributed by atoms with Crippen LogP contribution in [0, 0.1) is 0 Å². The summed E-state index contributed by atoms with van der Waals surface area (Å²) in [6.45, 7) is -1.60. The molecule has 0 heterocycles. The van der Waals surface area contributed by atoms with Gasteiger partial charge in [0.25, 0.3) is 0 Å². The molecule has 0 aliphatic heterocycles. The van der Waals surface area contributed by atoms with Crippen LogP contribution in [0.1, 0.15) is 24.9 Å². The Hall–Kier alpha value is -2.22. The molecule has 1 atom stereocenters. The van der Waals surface area contributed by atoms with Gasteiger partial charge in [-0.25, -0.2) is 0 Å². The summed E-state index contributed by atoms with van der Waals surface area (Å²) in [5.41, 5.74) is 5.56. The molecule has 0 saturated carbocycles. The zero-order chi connectivity index (χ0) is 16.5. The molecule has 1 aromatic rings. The lowest BCUT2D eigenvalue weighted by Gasteiger charge is -2.20. The normalized spacial score (nSPS) is 11.9. The summed E-state index contributed by atoms with van der Waals surface area (Å²) in [4.78, 5) is 22.8. The van der Waals surface area contributed by atoms with Gasteiger partial charge in [0, 0.05) is 5.56 Å². The topological polar surface area (TPSA) is 93.5 Å². The second-order valence-electron chi connectivity index (χ2n) is 4.43. The van der Waals surface area contributed by atoms with E-state index in [1.54, 1.807) is 25.1 Å². The van der Waals surface area contributed by atoms with Crippen molar-refractivity contribution in [2.24, 2.45) is 5.73 Å². The number of ether oxygens (including phenoxy) is 1. The number of hydrogen-bond donors (Lipinski definition) is 3. The number of hydrogen-bond acceptors (Lipinski definition) is 4. The van der Waals surface area contributed by atoms with Crippen LogP contribution in [-0.4, -0.2) is 31.5 Å². The van der Waals surface area contributed by atoms with Crippen LogP contribution in [0.25, 0.3) is 0 Å². The molecular formula is C14H19F2N3O3. The highest BCUT2D eigenvalue weighted by Crippen LogP contribution is 2.28. The third-order valence-corrected chi connectivity index (χ3v) is 2.89. The fourth-order valence-corrected chi connectivity index (χ4v) is 1.87. The molecule has 0 spiro atoms. The van der Waals surface area contributed by atoms with Crippen molar-refractivity contribution in [3.63, 3.8) is 0 Å². The number of rotatable bonds is 8. The van der Waals surface area contributed by atoms with E-state index in [4.69, 9.17) is 5.73 Å². The Bertz CT molecular complexity index is 512. The summed E-state index contributed by atoms with van der Waals surface area (Å²) in [6.07, 6.45) is 0.472. The van der Waals surface area contributed by atoms with Crippen LogP contribution in [0.3, 0.4) is 0 Å². The molecule has 0 aliphatic rings. The Kier molecular flexibility index (Phi) is 7.24. The highest BCUT2D eigenvalue weighted by Gasteiger charge is 2.18. The van der Waals surface area contributed by atoms with Gasteiger partial charge < -0.3 is 21.1 Å². The first-order valence-corrected chi connectivity index (χ1v) is 6.77. The molecule has 8 heteroatoms. The molecule has 0 fully saturated rings. The quantitative estimate of drug-likeness (QED) is 0.665. The van der Waals surface area contributed by atoms with Gasteiger partial charge in [-0.05, 0) is 12.5 Å². The van der Waals surface area contributed by atoms with Crippen LogP contribution in [0.2, 0.25) is 0 Å². The maximum atomic E-state index is 12.4. The zero-order valence-electron chi connectivity index (χ0n) is 12.1. The van der Waals surface area contributed by atoms with Crippen LogP contribution in [-0.2, 0) is 9.59 Å². The molecule has 0 aromatic heterocycles. The lowest BCUT2D eigenvalue weighted by molar-refractivity contribution is -0.125. The maximum Gasteiger partial charge on any atom is 0.387 e. The minimum atomic E-state index is -2.95. The summed E-state index contributed by atoms with van der Waals surface area (Å²) in [6, 6.07) is 5.74. The Morgan fingerprint density at radius 1 is 1.27 bits per heavy atom. The molecule has 0 saturated heterocycles. The van der Waals surface area contributed by atoms with Gasteiger partial charge in [-0.3, -0.25) is 9.59 Å². The molecule has 1 aromatic carbocycles. The fraction of sp³-hybridized carbons (Fsp3) is 0.429. The van der Waals surface area contributed by atoms with Crippen LogP contribution >= 0.6 is 0 Å².